The van der Waals surface area contributed by atoms with Crippen LogP contribution in [0.4, 0.5) is 5.69 Å². The van der Waals surface area contributed by atoms with E-state index in [2.05, 4.69) is 12.2 Å². The minimum Gasteiger partial charge on any atom is -0.326 e. The fourth-order valence-corrected chi connectivity index (χ4v) is 2.48. The Hall–Kier alpha value is -2.09. The molecule has 0 aliphatic rings. The van der Waals surface area contributed by atoms with Gasteiger partial charge in [0.1, 0.15) is 0 Å². The van der Waals surface area contributed by atoms with Crippen LogP contribution in [-0.2, 0) is 4.79 Å². The van der Waals surface area contributed by atoms with Crippen molar-refractivity contribution in [2.24, 2.45) is 0 Å². The Morgan fingerprint density at radius 3 is 2.19 bits per heavy atom. The number of unbranched alkanes of at least 4 members (excludes halogenated alkanes) is 2. The monoisotopic (exact) mass is 281 g/mol. The van der Waals surface area contributed by atoms with Gasteiger partial charge in [0.15, 0.2) is 0 Å². The SMILES string of the molecule is CCCCC[C@H](C(=O)Nc1ccccc1)c1ccccc1. The van der Waals surface area contributed by atoms with Crippen LogP contribution in [0.3, 0.4) is 0 Å². The maximum atomic E-state index is 12.6. The third-order valence-corrected chi connectivity index (χ3v) is 3.66. The van der Waals surface area contributed by atoms with Crippen molar-refractivity contribution in [3.05, 3.63) is 66.2 Å². The van der Waals surface area contributed by atoms with Crippen molar-refractivity contribution < 1.29 is 4.79 Å². The van der Waals surface area contributed by atoms with Crippen molar-refractivity contribution in [2.75, 3.05) is 5.32 Å². The van der Waals surface area contributed by atoms with Crippen LogP contribution in [0.5, 0.6) is 0 Å². The van der Waals surface area contributed by atoms with Crippen molar-refractivity contribution in [3.63, 3.8) is 0 Å². The molecular formula is C19H23NO. The van der Waals surface area contributed by atoms with E-state index in [0.29, 0.717) is 0 Å². The zero-order valence-electron chi connectivity index (χ0n) is 12.6. The van der Waals surface area contributed by atoms with E-state index in [1.54, 1.807) is 0 Å². The number of nitrogens with one attached hydrogen (secondary N) is 1. The van der Waals surface area contributed by atoms with Gasteiger partial charge >= 0.3 is 0 Å². The standard InChI is InChI=1S/C19H23NO/c1-2-3-6-15-18(16-11-7-4-8-12-16)19(21)20-17-13-9-5-10-14-17/h4-5,7-14,18H,2-3,6,15H2,1H3,(H,20,21)/t18-/m0/s1. The summed E-state index contributed by atoms with van der Waals surface area (Å²) in [6, 6.07) is 19.7. The lowest BCUT2D eigenvalue weighted by atomic mass is 9.92. The molecule has 0 unspecified atom stereocenters. The van der Waals surface area contributed by atoms with Gasteiger partial charge in [-0.1, -0.05) is 74.7 Å². The molecule has 1 amide bonds. The number of hydrogen-bond donors (Lipinski definition) is 1. The van der Waals surface area contributed by atoms with Crippen molar-refractivity contribution in [1.82, 2.24) is 0 Å². The first-order valence-corrected chi connectivity index (χ1v) is 7.72. The Balaban J connectivity index is 2.09. The third-order valence-electron chi connectivity index (χ3n) is 3.66. The van der Waals surface area contributed by atoms with Crippen molar-refractivity contribution in [2.45, 2.75) is 38.5 Å². The lowest BCUT2D eigenvalue weighted by molar-refractivity contribution is -0.117. The number of amides is 1. The first-order valence-electron chi connectivity index (χ1n) is 7.72. The van der Waals surface area contributed by atoms with Gasteiger partial charge < -0.3 is 5.32 Å². The molecule has 2 rings (SSSR count). The molecule has 2 heteroatoms. The highest BCUT2D eigenvalue weighted by atomic mass is 16.1. The fraction of sp³-hybridized carbons (Fsp3) is 0.316. The van der Waals surface area contributed by atoms with Crippen molar-refractivity contribution in [3.8, 4) is 0 Å². The van der Waals surface area contributed by atoms with Gasteiger partial charge in [0.25, 0.3) is 0 Å². The van der Waals surface area contributed by atoms with E-state index in [-0.39, 0.29) is 11.8 Å². The number of carbonyl (C=O) groups is 1. The maximum absolute atomic E-state index is 12.6. The predicted molar refractivity (Wildman–Crippen MR) is 88.4 cm³/mol. The molecule has 0 aromatic heterocycles. The third kappa shape index (κ3) is 4.75. The van der Waals surface area contributed by atoms with Crippen LogP contribution in [0.1, 0.15) is 44.1 Å². The minimum atomic E-state index is -0.0713. The van der Waals surface area contributed by atoms with Gasteiger partial charge in [-0.25, -0.2) is 0 Å². The number of hydrogen-bond acceptors (Lipinski definition) is 1. The van der Waals surface area contributed by atoms with Crippen molar-refractivity contribution >= 4 is 11.6 Å². The van der Waals surface area contributed by atoms with Gasteiger partial charge in [-0.3, -0.25) is 4.79 Å². The molecule has 0 aliphatic heterocycles. The van der Waals surface area contributed by atoms with Crippen LogP contribution in [0.15, 0.2) is 60.7 Å². The number of para-hydroxylation sites is 1. The van der Waals surface area contributed by atoms with Crippen LogP contribution in [-0.4, -0.2) is 5.91 Å². The molecule has 21 heavy (non-hydrogen) atoms. The molecule has 0 radical (unpaired) electrons. The van der Waals surface area contributed by atoms with E-state index in [9.17, 15) is 4.79 Å². The lowest BCUT2D eigenvalue weighted by Gasteiger charge is -2.17. The second-order valence-electron chi connectivity index (χ2n) is 5.31. The van der Waals surface area contributed by atoms with Crippen molar-refractivity contribution in [1.29, 1.82) is 0 Å². The Bertz CT molecular complexity index is 536. The zero-order chi connectivity index (χ0) is 14.9. The Kier molecular flexibility index (Phi) is 6.01. The molecule has 0 saturated carbocycles. The van der Waals surface area contributed by atoms with E-state index in [1.165, 1.54) is 12.8 Å². The van der Waals surface area contributed by atoms with Gasteiger partial charge in [0.05, 0.1) is 5.92 Å². The molecule has 110 valence electrons. The molecule has 0 bridgehead atoms. The first-order chi connectivity index (χ1) is 10.3. The summed E-state index contributed by atoms with van der Waals surface area (Å²) in [7, 11) is 0. The van der Waals surface area contributed by atoms with E-state index < -0.39 is 0 Å². The van der Waals surface area contributed by atoms with E-state index in [4.69, 9.17) is 0 Å². The molecule has 0 saturated heterocycles. The van der Waals surface area contributed by atoms with E-state index >= 15 is 0 Å². The smallest absolute Gasteiger partial charge is 0.231 e. The summed E-state index contributed by atoms with van der Waals surface area (Å²) in [5.74, 6) is 0.0152. The lowest BCUT2D eigenvalue weighted by Crippen LogP contribution is -2.21. The summed E-state index contributed by atoms with van der Waals surface area (Å²) in [5, 5.41) is 3.03. The molecular weight excluding hydrogens is 258 g/mol. The van der Waals surface area contributed by atoms with E-state index in [0.717, 1.165) is 24.1 Å². The summed E-state index contributed by atoms with van der Waals surface area (Å²) >= 11 is 0. The Labute approximate surface area is 127 Å². The van der Waals surface area contributed by atoms with Crippen LogP contribution in [0.25, 0.3) is 0 Å². The topological polar surface area (TPSA) is 29.1 Å². The summed E-state index contributed by atoms with van der Waals surface area (Å²) in [6.45, 7) is 2.18. The summed E-state index contributed by atoms with van der Waals surface area (Å²) < 4.78 is 0. The van der Waals surface area contributed by atoms with Crippen LogP contribution >= 0.6 is 0 Å². The zero-order valence-corrected chi connectivity index (χ0v) is 12.6. The van der Waals surface area contributed by atoms with Crippen LogP contribution < -0.4 is 5.32 Å². The molecule has 1 N–H and O–H groups in total. The molecule has 2 nitrogen and oxygen atoms in total. The molecule has 0 fully saturated rings. The van der Waals surface area contributed by atoms with Gasteiger partial charge in [-0.2, -0.15) is 0 Å². The molecule has 2 aromatic carbocycles. The van der Waals surface area contributed by atoms with Gasteiger partial charge in [-0.15, -0.1) is 0 Å². The average molecular weight is 281 g/mol. The number of carbonyl (C=O) groups excluding carboxylic acids is 1. The van der Waals surface area contributed by atoms with Gasteiger partial charge in [0, 0.05) is 5.69 Å². The quantitative estimate of drug-likeness (QED) is 0.712. The second kappa shape index (κ2) is 8.25. The number of benzene rings is 2. The summed E-state index contributed by atoms with van der Waals surface area (Å²) in [5.41, 5.74) is 1.96. The van der Waals surface area contributed by atoms with Gasteiger partial charge in [0.2, 0.25) is 5.91 Å². The molecule has 2 aromatic rings. The number of anilines is 1. The van der Waals surface area contributed by atoms with Crippen LogP contribution in [0, 0.1) is 0 Å². The number of rotatable bonds is 7. The largest absolute Gasteiger partial charge is 0.326 e. The fourth-order valence-electron chi connectivity index (χ4n) is 2.48. The first kappa shape index (κ1) is 15.3. The molecule has 1 atom stereocenters. The highest BCUT2D eigenvalue weighted by Gasteiger charge is 2.19. The van der Waals surface area contributed by atoms with Gasteiger partial charge in [-0.05, 0) is 24.1 Å². The molecule has 0 heterocycles. The minimum absolute atomic E-state index is 0.0713. The Morgan fingerprint density at radius 2 is 1.57 bits per heavy atom. The summed E-state index contributed by atoms with van der Waals surface area (Å²) in [6.07, 6.45) is 4.32. The highest BCUT2D eigenvalue weighted by molar-refractivity contribution is 5.95. The van der Waals surface area contributed by atoms with Crippen LogP contribution in [0.2, 0.25) is 0 Å². The summed E-state index contributed by atoms with van der Waals surface area (Å²) in [4.78, 5) is 12.6. The maximum Gasteiger partial charge on any atom is 0.231 e. The Morgan fingerprint density at radius 1 is 0.952 bits per heavy atom. The predicted octanol–water partition coefficient (Wildman–Crippen LogP) is 4.99. The molecule has 0 spiro atoms. The molecule has 0 aliphatic carbocycles. The highest BCUT2D eigenvalue weighted by Crippen LogP contribution is 2.24. The average Bonchev–Trinajstić information content (AvgIpc) is 2.53. The normalized spacial score (nSPS) is 11.9. The van der Waals surface area contributed by atoms with E-state index in [1.807, 2.05) is 60.7 Å². The second-order valence-corrected chi connectivity index (χ2v) is 5.31.